The SMILES string of the molecule is CCC(c1ccc2c(n1)NCCC2)[C@@](N)(C(N)=O)C(C)(C)C. The number of aromatic nitrogens is 1. The highest BCUT2D eigenvalue weighted by Crippen LogP contribution is 2.41. The van der Waals surface area contributed by atoms with E-state index in [4.69, 9.17) is 16.5 Å². The third kappa shape index (κ3) is 2.70. The lowest BCUT2D eigenvalue weighted by Crippen LogP contribution is -2.64. The Morgan fingerprint density at radius 1 is 1.41 bits per heavy atom. The normalized spacial score (nSPS) is 18.8. The molecule has 2 rings (SSSR count). The van der Waals surface area contributed by atoms with Crippen molar-refractivity contribution in [2.45, 2.75) is 58.4 Å². The van der Waals surface area contributed by atoms with E-state index in [1.54, 1.807) is 0 Å². The fraction of sp³-hybridized carbons (Fsp3) is 0.647. The van der Waals surface area contributed by atoms with Gasteiger partial charge in [0.25, 0.3) is 0 Å². The second kappa shape index (κ2) is 5.88. The number of carbonyl (C=O) groups excluding carboxylic acids is 1. The molecule has 1 amide bonds. The summed E-state index contributed by atoms with van der Waals surface area (Å²) in [4.78, 5) is 16.9. The first-order valence-electron chi connectivity index (χ1n) is 8.04. The van der Waals surface area contributed by atoms with Crippen LogP contribution in [0.4, 0.5) is 5.82 Å². The highest BCUT2D eigenvalue weighted by atomic mass is 16.1. The summed E-state index contributed by atoms with van der Waals surface area (Å²) >= 11 is 0. The minimum atomic E-state index is -1.14. The van der Waals surface area contributed by atoms with Crippen LogP contribution in [0.5, 0.6) is 0 Å². The van der Waals surface area contributed by atoms with Crippen molar-refractivity contribution in [3.05, 3.63) is 23.4 Å². The molecule has 5 heteroatoms. The van der Waals surface area contributed by atoms with Crippen LogP contribution in [0.25, 0.3) is 0 Å². The molecule has 1 aliphatic heterocycles. The van der Waals surface area contributed by atoms with E-state index >= 15 is 0 Å². The molecule has 0 spiro atoms. The Morgan fingerprint density at radius 2 is 2.09 bits per heavy atom. The van der Waals surface area contributed by atoms with Gasteiger partial charge in [0.05, 0.1) is 0 Å². The number of carbonyl (C=O) groups is 1. The summed E-state index contributed by atoms with van der Waals surface area (Å²) in [6.07, 6.45) is 2.87. The molecule has 0 aliphatic carbocycles. The molecule has 0 aromatic carbocycles. The van der Waals surface area contributed by atoms with Crippen LogP contribution in [0, 0.1) is 5.41 Å². The Hall–Kier alpha value is -1.62. The van der Waals surface area contributed by atoms with Gasteiger partial charge in [-0.05, 0) is 36.3 Å². The Kier molecular flexibility index (Phi) is 4.47. The number of pyridine rings is 1. The third-order valence-electron chi connectivity index (χ3n) is 4.88. The Morgan fingerprint density at radius 3 is 2.64 bits per heavy atom. The van der Waals surface area contributed by atoms with E-state index in [0.717, 1.165) is 30.9 Å². The molecule has 0 fully saturated rings. The van der Waals surface area contributed by atoms with Gasteiger partial charge in [-0.1, -0.05) is 33.8 Å². The molecule has 22 heavy (non-hydrogen) atoms. The zero-order chi connectivity index (χ0) is 16.5. The number of rotatable bonds is 4. The molecule has 1 unspecified atom stereocenters. The van der Waals surface area contributed by atoms with Gasteiger partial charge in [0.15, 0.2) is 0 Å². The number of aryl methyl sites for hydroxylation is 1. The van der Waals surface area contributed by atoms with Crippen molar-refractivity contribution in [2.75, 3.05) is 11.9 Å². The van der Waals surface area contributed by atoms with Crippen molar-refractivity contribution in [3.63, 3.8) is 0 Å². The summed E-state index contributed by atoms with van der Waals surface area (Å²) < 4.78 is 0. The van der Waals surface area contributed by atoms with E-state index < -0.39 is 16.9 Å². The number of nitrogens with one attached hydrogen (secondary N) is 1. The van der Waals surface area contributed by atoms with Crippen LogP contribution >= 0.6 is 0 Å². The first-order chi connectivity index (χ1) is 10.2. The lowest BCUT2D eigenvalue weighted by Gasteiger charge is -2.44. The molecule has 122 valence electrons. The number of nitrogens with zero attached hydrogens (tertiary/aromatic N) is 1. The second-order valence-corrected chi connectivity index (χ2v) is 7.22. The summed E-state index contributed by atoms with van der Waals surface area (Å²) in [6, 6.07) is 4.09. The molecular weight excluding hydrogens is 276 g/mol. The maximum absolute atomic E-state index is 12.2. The summed E-state index contributed by atoms with van der Waals surface area (Å²) in [5.74, 6) is 0.237. The van der Waals surface area contributed by atoms with Gasteiger partial charge in [0, 0.05) is 18.2 Å². The third-order valence-corrected chi connectivity index (χ3v) is 4.88. The fourth-order valence-electron chi connectivity index (χ4n) is 3.37. The minimum absolute atomic E-state index is 0.209. The second-order valence-electron chi connectivity index (χ2n) is 7.22. The summed E-state index contributed by atoms with van der Waals surface area (Å²) in [7, 11) is 0. The monoisotopic (exact) mass is 304 g/mol. The molecule has 0 radical (unpaired) electrons. The van der Waals surface area contributed by atoms with E-state index in [-0.39, 0.29) is 5.92 Å². The molecule has 1 aromatic rings. The zero-order valence-corrected chi connectivity index (χ0v) is 14.1. The standard InChI is InChI=1S/C17H28N4O/c1-5-12(17(19,15(18)22)16(2,3)4)13-9-8-11-7-6-10-20-14(11)21-13/h8-9,12H,5-7,10,19H2,1-4H3,(H2,18,22)(H,20,21)/t12?,17-/m1/s1. The average Bonchev–Trinajstić information content (AvgIpc) is 2.46. The smallest absolute Gasteiger partial charge is 0.238 e. The fourth-order valence-corrected chi connectivity index (χ4v) is 3.37. The Bertz CT molecular complexity index is 564. The van der Waals surface area contributed by atoms with E-state index in [1.807, 2.05) is 33.8 Å². The average molecular weight is 304 g/mol. The Balaban J connectivity index is 2.49. The Labute approximate surface area is 132 Å². The van der Waals surface area contributed by atoms with Gasteiger partial charge in [0.1, 0.15) is 11.4 Å². The molecule has 5 N–H and O–H groups in total. The first-order valence-corrected chi connectivity index (χ1v) is 8.04. The summed E-state index contributed by atoms with van der Waals surface area (Å²) in [5, 5.41) is 3.33. The lowest BCUT2D eigenvalue weighted by atomic mass is 9.64. The van der Waals surface area contributed by atoms with Crippen molar-refractivity contribution in [2.24, 2.45) is 16.9 Å². The maximum Gasteiger partial charge on any atom is 0.238 e. The molecule has 0 saturated heterocycles. The van der Waals surface area contributed by atoms with Crippen molar-refractivity contribution >= 4 is 11.7 Å². The minimum Gasteiger partial charge on any atom is -0.370 e. The van der Waals surface area contributed by atoms with Crippen molar-refractivity contribution < 1.29 is 4.79 Å². The first kappa shape index (κ1) is 16.7. The van der Waals surface area contributed by atoms with Crippen LogP contribution in [0.1, 0.15) is 57.7 Å². The van der Waals surface area contributed by atoms with Crippen LogP contribution in [0.15, 0.2) is 12.1 Å². The van der Waals surface area contributed by atoms with E-state index in [9.17, 15) is 4.79 Å². The van der Waals surface area contributed by atoms with Crippen molar-refractivity contribution in [1.29, 1.82) is 0 Å². The number of anilines is 1. The molecule has 1 aromatic heterocycles. The number of primary amides is 1. The van der Waals surface area contributed by atoms with E-state index in [0.29, 0.717) is 6.42 Å². The predicted molar refractivity (Wildman–Crippen MR) is 89.6 cm³/mol. The largest absolute Gasteiger partial charge is 0.370 e. The van der Waals surface area contributed by atoms with Gasteiger partial charge in [-0.2, -0.15) is 0 Å². The van der Waals surface area contributed by atoms with Gasteiger partial charge < -0.3 is 16.8 Å². The van der Waals surface area contributed by atoms with Gasteiger partial charge in [0.2, 0.25) is 5.91 Å². The van der Waals surface area contributed by atoms with Crippen LogP contribution in [0.2, 0.25) is 0 Å². The van der Waals surface area contributed by atoms with Crippen molar-refractivity contribution in [3.8, 4) is 0 Å². The number of hydrogen-bond donors (Lipinski definition) is 3. The topological polar surface area (TPSA) is 94.0 Å². The zero-order valence-electron chi connectivity index (χ0n) is 14.1. The molecular formula is C17H28N4O. The number of amides is 1. The molecule has 5 nitrogen and oxygen atoms in total. The number of nitrogens with two attached hydrogens (primary N) is 2. The van der Waals surface area contributed by atoms with Crippen LogP contribution in [-0.2, 0) is 11.2 Å². The maximum atomic E-state index is 12.2. The van der Waals surface area contributed by atoms with E-state index in [1.165, 1.54) is 5.56 Å². The van der Waals surface area contributed by atoms with E-state index in [2.05, 4.69) is 11.4 Å². The van der Waals surface area contributed by atoms with Gasteiger partial charge in [-0.15, -0.1) is 0 Å². The summed E-state index contributed by atoms with van der Waals surface area (Å²) in [5.41, 5.74) is 12.7. The molecule has 0 bridgehead atoms. The van der Waals surface area contributed by atoms with Gasteiger partial charge in [-0.25, -0.2) is 4.98 Å². The van der Waals surface area contributed by atoms with Crippen molar-refractivity contribution in [1.82, 2.24) is 4.98 Å². The lowest BCUT2D eigenvalue weighted by molar-refractivity contribution is -0.128. The molecule has 0 saturated carbocycles. The predicted octanol–water partition coefficient (Wildman–Crippen LogP) is 2.16. The highest BCUT2D eigenvalue weighted by Gasteiger charge is 2.50. The van der Waals surface area contributed by atoms with Gasteiger partial charge in [-0.3, -0.25) is 4.79 Å². The number of fused-ring (bicyclic) bond motifs is 1. The van der Waals surface area contributed by atoms with Crippen LogP contribution in [0.3, 0.4) is 0 Å². The van der Waals surface area contributed by atoms with Crippen LogP contribution in [-0.4, -0.2) is 23.0 Å². The summed E-state index contributed by atoms with van der Waals surface area (Å²) in [6.45, 7) is 8.82. The number of hydrogen-bond acceptors (Lipinski definition) is 4. The highest BCUT2D eigenvalue weighted by molar-refractivity contribution is 5.86. The molecule has 2 heterocycles. The quantitative estimate of drug-likeness (QED) is 0.794. The molecule has 2 atom stereocenters. The van der Waals surface area contributed by atoms with Crippen LogP contribution < -0.4 is 16.8 Å². The molecule has 1 aliphatic rings. The van der Waals surface area contributed by atoms with Gasteiger partial charge >= 0.3 is 0 Å².